The summed E-state index contributed by atoms with van der Waals surface area (Å²) in [6, 6.07) is 7.40. The molecule has 1 aromatic heterocycles. The lowest BCUT2D eigenvalue weighted by atomic mass is 10.1. The van der Waals surface area contributed by atoms with Crippen molar-refractivity contribution < 1.29 is 9.90 Å². The van der Waals surface area contributed by atoms with Crippen LogP contribution in [0.2, 0.25) is 0 Å². The van der Waals surface area contributed by atoms with Gasteiger partial charge in [-0.1, -0.05) is 12.1 Å². The summed E-state index contributed by atoms with van der Waals surface area (Å²) in [7, 11) is 0. The first-order valence-corrected chi connectivity index (χ1v) is 6.99. The predicted molar refractivity (Wildman–Crippen MR) is 81.2 cm³/mol. The van der Waals surface area contributed by atoms with Gasteiger partial charge in [0.1, 0.15) is 6.54 Å². The highest BCUT2D eigenvalue weighted by Crippen LogP contribution is 2.12. The molecule has 1 amide bonds. The van der Waals surface area contributed by atoms with E-state index in [0.29, 0.717) is 6.54 Å². The van der Waals surface area contributed by atoms with Crippen molar-refractivity contribution in [3.63, 3.8) is 0 Å². The summed E-state index contributed by atoms with van der Waals surface area (Å²) < 4.78 is 3.10. The number of nitrogens with one attached hydrogen (secondary N) is 1. The Morgan fingerprint density at radius 3 is 2.33 bits per heavy atom. The third kappa shape index (κ3) is 3.00. The first-order chi connectivity index (χ1) is 9.89. The number of benzene rings is 1. The molecule has 0 aliphatic rings. The van der Waals surface area contributed by atoms with Crippen LogP contribution in [0.5, 0.6) is 0 Å². The Morgan fingerprint density at radius 1 is 1.24 bits per heavy atom. The van der Waals surface area contributed by atoms with E-state index < -0.39 is 5.54 Å². The first-order valence-electron chi connectivity index (χ1n) is 6.99. The maximum atomic E-state index is 12.4. The van der Waals surface area contributed by atoms with Crippen molar-refractivity contribution in [2.75, 3.05) is 6.61 Å². The zero-order valence-electron chi connectivity index (χ0n) is 12.6. The van der Waals surface area contributed by atoms with Crippen LogP contribution in [-0.4, -0.2) is 32.3 Å². The fourth-order valence-electron chi connectivity index (χ4n) is 2.33. The van der Waals surface area contributed by atoms with E-state index in [9.17, 15) is 14.7 Å². The molecule has 2 aromatic rings. The topological polar surface area (TPSA) is 76.3 Å². The molecule has 0 saturated heterocycles. The lowest BCUT2D eigenvalue weighted by Crippen LogP contribution is -2.48. The Labute approximate surface area is 123 Å². The van der Waals surface area contributed by atoms with Gasteiger partial charge in [0, 0.05) is 6.54 Å². The number of carbonyl (C=O) groups excluding carboxylic acids is 1. The Hall–Kier alpha value is -2.08. The molecular weight excluding hydrogens is 270 g/mol. The molecule has 6 heteroatoms. The molecule has 0 aliphatic carbocycles. The van der Waals surface area contributed by atoms with Crippen molar-refractivity contribution in [2.45, 2.75) is 39.4 Å². The van der Waals surface area contributed by atoms with Gasteiger partial charge in [0.05, 0.1) is 23.2 Å². The third-order valence-electron chi connectivity index (χ3n) is 3.42. The Morgan fingerprint density at radius 2 is 1.81 bits per heavy atom. The molecule has 114 valence electrons. The van der Waals surface area contributed by atoms with Crippen LogP contribution in [0.25, 0.3) is 11.0 Å². The van der Waals surface area contributed by atoms with E-state index in [1.54, 1.807) is 18.4 Å². The lowest BCUT2D eigenvalue weighted by Gasteiger charge is -2.23. The van der Waals surface area contributed by atoms with Crippen LogP contribution in [0.1, 0.15) is 20.8 Å². The zero-order valence-corrected chi connectivity index (χ0v) is 12.6. The number of carbonyl (C=O) groups is 1. The van der Waals surface area contributed by atoms with Crippen LogP contribution in [0.3, 0.4) is 0 Å². The molecule has 0 bridgehead atoms. The van der Waals surface area contributed by atoms with Crippen LogP contribution < -0.4 is 11.0 Å². The van der Waals surface area contributed by atoms with Crippen molar-refractivity contribution in [3.05, 3.63) is 34.7 Å². The number of aliphatic hydroxyl groups is 1. The van der Waals surface area contributed by atoms with Crippen molar-refractivity contribution in [1.29, 1.82) is 0 Å². The van der Waals surface area contributed by atoms with Gasteiger partial charge in [0.2, 0.25) is 5.91 Å². The summed E-state index contributed by atoms with van der Waals surface area (Å²) in [5.41, 5.74) is 0.653. The minimum atomic E-state index is -0.705. The SMILES string of the molecule is CCn1c(=O)n(CC(=O)NC(C)(C)CO)c2ccccc21. The number of para-hydroxylation sites is 2. The van der Waals surface area contributed by atoms with Crippen molar-refractivity contribution in [2.24, 2.45) is 0 Å². The number of nitrogens with zero attached hydrogens (tertiary/aromatic N) is 2. The number of imidazole rings is 1. The van der Waals surface area contributed by atoms with Gasteiger partial charge in [-0.2, -0.15) is 0 Å². The molecule has 0 unspecified atom stereocenters. The van der Waals surface area contributed by atoms with E-state index in [1.807, 2.05) is 31.2 Å². The monoisotopic (exact) mass is 291 g/mol. The molecule has 1 heterocycles. The highest BCUT2D eigenvalue weighted by molar-refractivity contribution is 5.81. The van der Waals surface area contributed by atoms with E-state index in [2.05, 4.69) is 5.32 Å². The van der Waals surface area contributed by atoms with Crippen LogP contribution in [0, 0.1) is 0 Å². The van der Waals surface area contributed by atoms with E-state index >= 15 is 0 Å². The Bertz CT molecular complexity index is 713. The number of rotatable bonds is 5. The van der Waals surface area contributed by atoms with Crippen LogP contribution >= 0.6 is 0 Å². The second kappa shape index (κ2) is 5.73. The Kier molecular flexibility index (Phi) is 4.18. The molecule has 0 atom stereocenters. The zero-order chi connectivity index (χ0) is 15.6. The van der Waals surface area contributed by atoms with Gasteiger partial charge in [0.15, 0.2) is 0 Å². The standard InChI is InChI=1S/C15H21N3O3/c1-4-17-11-7-5-6-8-12(11)18(14(17)21)9-13(20)16-15(2,3)10-19/h5-8,19H,4,9-10H2,1-3H3,(H,16,20). The number of aryl methyl sites for hydroxylation is 1. The maximum absolute atomic E-state index is 12.4. The second-order valence-electron chi connectivity index (χ2n) is 5.69. The maximum Gasteiger partial charge on any atom is 0.329 e. The number of hydrogen-bond acceptors (Lipinski definition) is 3. The van der Waals surface area contributed by atoms with E-state index in [1.165, 1.54) is 4.57 Å². The van der Waals surface area contributed by atoms with Gasteiger partial charge in [-0.3, -0.25) is 13.9 Å². The molecule has 2 rings (SSSR count). The van der Waals surface area contributed by atoms with Crippen LogP contribution in [-0.2, 0) is 17.9 Å². The molecule has 2 N–H and O–H groups in total. The van der Waals surface area contributed by atoms with Crippen molar-refractivity contribution >= 4 is 16.9 Å². The third-order valence-corrected chi connectivity index (χ3v) is 3.42. The van der Waals surface area contributed by atoms with Crippen LogP contribution in [0.4, 0.5) is 0 Å². The molecule has 0 saturated carbocycles. The summed E-state index contributed by atoms with van der Waals surface area (Å²) >= 11 is 0. The molecule has 0 aliphatic heterocycles. The molecular formula is C15H21N3O3. The predicted octanol–water partition coefficient (Wildman–Crippen LogP) is 0.710. The Balaban J connectivity index is 2.37. The number of amides is 1. The summed E-state index contributed by atoms with van der Waals surface area (Å²) in [5.74, 6) is -0.296. The number of hydrogen-bond donors (Lipinski definition) is 2. The highest BCUT2D eigenvalue weighted by Gasteiger charge is 2.21. The smallest absolute Gasteiger partial charge is 0.329 e. The van der Waals surface area contributed by atoms with E-state index in [0.717, 1.165) is 11.0 Å². The van der Waals surface area contributed by atoms with Crippen molar-refractivity contribution in [1.82, 2.24) is 14.5 Å². The van der Waals surface area contributed by atoms with Crippen LogP contribution in [0.15, 0.2) is 29.1 Å². The van der Waals surface area contributed by atoms with Gasteiger partial charge in [0.25, 0.3) is 0 Å². The summed E-state index contributed by atoms with van der Waals surface area (Å²) in [6.07, 6.45) is 0. The highest BCUT2D eigenvalue weighted by atomic mass is 16.3. The van der Waals surface area contributed by atoms with Gasteiger partial charge in [-0.05, 0) is 32.9 Å². The minimum absolute atomic E-state index is 0.0597. The van der Waals surface area contributed by atoms with Gasteiger partial charge >= 0.3 is 5.69 Å². The average Bonchev–Trinajstić information content (AvgIpc) is 2.71. The number of aromatic nitrogens is 2. The first kappa shape index (κ1) is 15.3. The molecule has 0 fully saturated rings. The molecule has 0 radical (unpaired) electrons. The summed E-state index contributed by atoms with van der Waals surface area (Å²) in [6.45, 7) is 5.68. The normalized spacial score (nSPS) is 11.8. The summed E-state index contributed by atoms with van der Waals surface area (Å²) in [5, 5.41) is 11.9. The molecule has 21 heavy (non-hydrogen) atoms. The summed E-state index contributed by atoms with van der Waals surface area (Å²) in [4.78, 5) is 24.5. The van der Waals surface area contributed by atoms with Gasteiger partial charge < -0.3 is 10.4 Å². The lowest BCUT2D eigenvalue weighted by molar-refractivity contribution is -0.123. The fourth-order valence-corrected chi connectivity index (χ4v) is 2.33. The molecule has 1 aromatic carbocycles. The van der Waals surface area contributed by atoms with Gasteiger partial charge in [-0.15, -0.1) is 0 Å². The van der Waals surface area contributed by atoms with Crippen molar-refractivity contribution in [3.8, 4) is 0 Å². The van der Waals surface area contributed by atoms with E-state index in [-0.39, 0.29) is 24.7 Å². The molecule has 0 spiro atoms. The average molecular weight is 291 g/mol. The largest absolute Gasteiger partial charge is 0.394 e. The van der Waals surface area contributed by atoms with E-state index in [4.69, 9.17) is 0 Å². The fraction of sp³-hybridized carbons (Fsp3) is 0.467. The number of aliphatic hydroxyl groups excluding tert-OH is 1. The number of fused-ring (bicyclic) bond motifs is 1. The molecule has 6 nitrogen and oxygen atoms in total. The van der Waals surface area contributed by atoms with Gasteiger partial charge in [-0.25, -0.2) is 4.79 Å². The minimum Gasteiger partial charge on any atom is -0.394 e. The second-order valence-corrected chi connectivity index (χ2v) is 5.69. The quantitative estimate of drug-likeness (QED) is 0.852.